The van der Waals surface area contributed by atoms with Crippen LogP contribution >= 0.6 is 22.9 Å². The Hall–Kier alpha value is -2.62. The van der Waals surface area contributed by atoms with E-state index >= 15 is 0 Å². The van der Waals surface area contributed by atoms with E-state index in [9.17, 15) is 0 Å². The number of nitrogens with zero attached hydrogens (tertiary/aromatic N) is 1. The minimum atomic E-state index is 0.397. The van der Waals surface area contributed by atoms with Gasteiger partial charge in [-0.1, -0.05) is 78.3 Å². The van der Waals surface area contributed by atoms with Gasteiger partial charge in [0.25, 0.3) is 0 Å². The van der Waals surface area contributed by atoms with Crippen LogP contribution in [0.15, 0.2) is 84.2 Å². The van der Waals surface area contributed by atoms with Crippen LogP contribution in [0.25, 0.3) is 21.7 Å². The molecule has 0 aliphatic heterocycles. The average molecular weight is 378 g/mol. The number of thiazole rings is 1. The normalized spacial score (nSPS) is 10.7. The van der Waals surface area contributed by atoms with Gasteiger partial charge < -0.3 is 4.74 Å². The lowest BCUT2D eigenvalue weighted by atomic mass is 10.1. The molecule has 1 aromatic heterocycles. The molecule has 0 radical (unpaired) electrons. The summed E-state index contributed by atoms with van der Waals surface area (Å²) in [5.41, 5.74) is 4.22. The van der Waals surface area contributed by atoms with Gasteiger partial charge in [0.05, 0.1) is 10.7 Å². The van der Waals surface area contributed by atoms with Crippen molar-refractivity contribution in [3.8, 4) is 27.4 Å². The topological polar surface area (TPSA) is 22.1 Å². The van der Waals surface area contributed by atoms with Crippen molar-refractivity contribution in [2.75, 3.05) is 0 Å². The van der Waals surface area contributed by atoms with E-state index in [1.165, 1.54) is 0 Å². The summed E-state index contributed by atoms with van der Waals surface area (Å²) >= 11 is 8.02. The minimum Gasteiger partial charge on any atom is -0.486 e. The first-order valence-electron chi connectivity index (χ1n) is 8.27. The second-order valence-electron chi connectivity index (χ2n) is 5.81. The van der Waals surface area contributed by atoms with E-state index in [4.69, 9.17) is 16.3 Å². The molecule has 0 bridgehead atoms. The molecule has 0 aliphatic rings. The number of rotatable bonds is 5. The molecule has 0 amide bonds. The van der Waals surface area contributed by atoms with Gasteiger partial charge in [-0.3, -0.25) is 0 Å². The summed E-state index contributed by atoms with van der Waals surface area (Å²) in [6.07, 6.45) is 0. The van der Waals surface area contributed by atoms with E-state index in [0.29, 0.717) is 17.4 Å². The average Bonchev–Trinajstić information content (AvgIpc) is 3.17. The second kappa shape index (κ2) is 7.73. The lowest BCUT2D eigenvalue weighted by Gasteiger charge is -2.09. The highest BCUT2D eigenvalue weighted by atomic mass is 35.5. The molecular formula is C22H16ClNOS. The first-order valence-corrected chi connectivity index (χ1v) is 9.53. The zero-order valence-electron chi connectivity index (χ0n) is 13.9. The molecule has 4 heteroatoms. The number of halogens is 1. The Kier molecular flexibility index (Phi) is 5.00. The van der Waals surface area contributed by atoms with Gasteiger partial charge >= 0.3 is 0 Å². The van der Waals surface area contributed by atoms with Crippen molar-refractivity contribution >= 4 is 22.9 Å². The minimum absolute atomic E-state index is 0.397. The third-order valence-corrected chi connectivity index (χ3v) is 5.22. The highest BCUT2D eigenvalue weighted by Crippen LogP contribution is 2.31. The maximum Gasteiger partial charge on any atom is 0.138 e. The monoisotopic (exact) mass is 377 g/mol. The molecule has 0 aliphatic carbocycles. The van der Waals surface area contributed by atoms with Crippen LogP contribution in [0.2, 0.25) is 5.02 Å². The molecule has 1 heterocycles. The predicted octanol–water partition coefficient (Wildman–Crippen LogP) is 6.71. The molecule has 2 nitrogen and oxygen atoms in total. The Labute approximate surface area is 161 Å². The van der Waals surface area contributed by atoms with E-state index in [1.54, 1.807) is 11.3 Å². The molecule has 0 fully saturated rings. The van der Waals surface area contributed by atoms with Gasteiger partial charge in [-0.05, 0) is 23.3 Å². The fourth-order valence-corrected chi connectivity index (χ4v) is 3.71. The van der Waals surface area contributed by atoms with Gasteiger partial charge in [0, 0.05) is 10.9 Å². The van der Waals surface area contributed by atoms with Crippen LogP contribution < -0.4 is 4.74 Å². The molecule has 128 valence electrons. The van der Waals surface area contributed by atoms with Crippen LogP contribution in [0, 0.1) is 0 Å². The van der Waals surface area contributed by atoms with Crippen molar-refractivity contribution < 1.29 is 4.74 Å². The maximum atomic E-state index is 6.40. The highest BCUT2D eigenvalue weighted by Gasteiger charge is 2.08. The summed E-state index contributed by atoms with van der Waals surface area (Å²) < 4.78 is 5.88. The van der Waals surface area contributed by atoms with Crippen LogP contribution in [0.4, 0.5) is 0 Å². The second-order valence-corrected chi connectivity index (χ2v) is 7.08. The van der Waals surface area contributed by atoms with Crippen molar-refractivity contribution in [2.24, 2.45) is 0 Å². The summed E-state index contributed by atoms with van der Waals surface area (Å²) in [5.74, 6) is 0.667. The summed E-state index contributed by atoms with van der Waals surface area (Å²) in [6, 6.07) is 26.2. The van der Waals surface area contributed by atoms with Crippen LogP contribution in [-0.4, -0.2) is 4.98 Å². The Balaban J connectivity index is 1.46. The summed E-state index contributed by atoms with van der Waals surface area (Å²) in [6.45, 7) is 0.397. The van der Waals surface area contributed by atoms with Gasteiger partial charge in [0.1, 0.15) is 17.4 Å². The smallest absolute Gasteiger partial charge is 0.138 e. The summed E-state index contributed by atoms with van der Waals surface area (Å²) in [4.78, 5) is 4.64. The van der Waals surface area contributed by atoms with Crippen molar-refractivity contribution in [3.63, 3.8) is 0 Å². The Morgan fingerprint density at radius 1 is 0.808 bits per heavy atom. The van der Waals surface area contributed by atoms with Gasteiger partial charge in [-0.15, -0.1) is 11.3 Å². The van der Waals surface area contributed by atoms with E-state index in [0.717, 1.165) is 27.4 Å². The Morgan fingerprint density at radius 3 is 2.19 bits per heavy atom. The quantitative estimate of drug-likeness (QED) is 0.385. The number of ether oxygens (including phenoxy) is 1. The molecule has 0 unspecified atom stereocenters. The van der Waals surface area contributed by atoms with Crippen LogP contribution in [0.3, 0.4) is 0 Å². The van der Waals surface area contributed by atoms with Crippen LogP contribution in [0.1, 0.15) is 5.69 Å². The largest absolute Gasteiger partial charge is 0.486 e. The van der Waals surface area contributed by atoms with Crippen LogP contribution in [-0.2, 0) is 6.61 Å². The first-order chi connectivity index (χ1) is 12.8. The van der Waals surface area contributed by atoms with Crippen molar-refractivity contribution in [1.29, 1.82) is 0 Å². The Morgan fingerprint density at radius 2 is 1.50 bits per heavy atom. The van der Waals surface area contributed by atoms with Crippen LogP contribution in [0.5, 0.6) is 5.75 Å². The van der Waals surface area contributed by atoms with Crippen molar-refractivity contribution in [1.82, 2.24) is 4.98 Å². The Bertz CT molecular complexity index is 999. The lowest BCUT2D eigenvalue weighted by molar-refractivity contribution is 0.302. The molecule has 4 aromatic rings. The zero-order chi connectivity index (χ0) is 17.8. The lowest BCUT2D eigenvalue weighted by Crippen LogP contribution is -1.96. The summed E-state index contributed by atoms with van der Waals surface area (Å²) in [5, 5.41) is 3.62. The van der Waals surface area contributed by atoms with Crippen molar-refractivity contribution in [3.05, 3.63) is 95.0 Å². The van der Waals surface area contributed by atoms with Crippen molar-refractivity contribution in [2.45, 2.75) is 6.61 Å². The van der Waals surface area contributed by atoms with E-state index < -0.39 is 0 Å². The van der Waals surface area contributed by atoms with E-state index in [1.807, 2.05) is 60.0 Å². The molecule has 3 aromatic carbocycles. The highest BCUT2D eigenvalue weighted by molar-refractivity contribution is 7.13. The first kappa shape index (κ1) is 16.8. The number of hydrogen-bond donors (Lipinski definition) is 0. The molecule has 0 N–H and O–H groups in total. The molecule has 0 saturated carbocycles. The fourth-order valence-electron chi connectivity index (χ4n) is 2.67. The molecule has 0 saturated heterocycles. The molecular weight excluding hydrogens is 362 g/mol. The van der Waals surface area contributed by atoms with Gasteiger partial charge in [-0.2, -0.15) is 0 Å². The standard InChI is InChI=1S/C22H16ClNOS/c23-20-13-18(16-7-3-1-4-8-16)11-12-21(20)25-14-19-15-26-22(24-19)17-9-5-2-6-10-17/h1-13,15H,14H2. The fraction of sp³-hybridized carbons (Fsp3) is 0.0455. The molecule has 0 atom stereocenters. The molecule has 0 spiro atoms. The summed E-state index contributed by atoms with van der Waals surface area (Å²) in [7, 11) is 0. The molecule has 4 rings (SSSR count). The zero-order valence-corrected chi connectivity index (χ0v) is 15.5. The number of aromatic nitrogens is 1. The van der Waals surface area contributed by atoms with Gasteiger partial charge in [-0.25, -0.2) is 4.98 Å². The van der Waals surface area contributed by atoms with Gasteiger partial charge in [0.2, 0.25) is 0 Å². The van der Waals surface area contributed by atoms with E-state index in [2.05, 4.69) is 29.2 Å². The predicted molar refractivity (Wildman–Crippen MR) is 109 cm³/mol. The SMILES string of the molecule is Clc1cc(-c2ccccc2)ccc1OCc1csc(-c2ccccc2)n1. The van der Waals surface area contributed by atoms with Gasteiger partial charge in [0.15, 0.2) is 0 Å². The number of hydrogen-bond acceptors (Lipinski definition) is 3. The van der Waals surface area contributed by atoms with E-state index in [-0.39, 0.29) is 0 Å². The number of benzene rings is 3. The third kappa shape index (κ3) is 3.79. The molecule has 26 heavy (non-hydrogen) atoms. The third-order valence-electron chi connectivity index (χ3n) is 3.99. The maximum absolute atomic E-state index is 6.40.